The van der Waals surface area contributed by atoms with E-state index in [-0.39, 0.29) is 11.5 Å². The van der Waals surface area contributed by atoms with Gasteiger partial charge in [0.05, 0.1) is 6.10 Å². The molecule has 0 bridgehead atoms. The second kappa shape index (κ2) is 5.32. The number of hydrogen-bond donors (Lipinski definition) is 2. The minimum atomic E-state index is -0.711. The van der Waals surface area contributed by atoms with Gasteiger partial charge in [0.25, 0.3) is 0 Å². The van der Waals surface area contributed by atoms with Gasteiger partial charge >= 0.3 is 5.97 Å². The quantitative estimate of drug-likeness (QED) is 0.463. The molecule has 0 aliphatic rings. The third-order valence-corrected chi connectivity index (χ3v) is 1.88. The molecule has 4 nitrogen and oxygen atoms in total. The lowest BCUT2D eigenvalue weighted by atomic mass is 10.2. The molecule has 4 heteroatoms. The van der Waals surface area contributed by atoms with Gasteiger partial charge in [-0.25, -0.2) is 4.79 Å². The van der Waals surface area contributed by atoms with Gasteiger partial charge in [0.2, 0.25) is 0 Å². The molecule has 86 valence electrons. The lowest BCUT2D eigenvalue weighted by Gasteiger charge is -2.06. The van der Waals surface area contributed by atoms with E-state index in [0.717, 1.165) is 0 Å². The van der Waals surface area contributed by atoms with Crippen molar-refractivity contribution in [2.75, 3.05) is 0 Å². The fraction of sp³-hybridized carbons (Fsp3) is 0.250. The van der Waals surface area contributed by atoms with Crippen molar-refractivity contribution < 1.29 is 19.7 Å². The molecule has 0 saturated heterocycles. The lowest BCUT2D eigenvalue weighted by molar-refractivity contribution is -0.130. The lowest BCUT2D eigenvalue weighted by Crippen LogP contribution is -2.11. The predicted molar refractivity (Wildman–Crippen MR) is 59.2 cm³/mol. The van der Waals surface area contributed by atoms with Crippen LogP contribution in [0.15, 0.2) is 35.9 Å². The average Bonchev–Trinajstić information content (AvgIpc) is 2.20. The Morgan fingerprint density at radius 2 is 2.06 bits per heavy atom. The molecule has 0 heterocycles. The van der Waals surface area contributed by atoms with Crippen LogP contribution < -0.4 is 4.74 Å². The smallest absolute Gasteiger partial charge is 0.339 e. The number of rotatable bonds is 3. The third kappa shape index (κ3) is 3.40. The van der Waals surface area contributed by atoms with E-state index in [4.69, 9.17) is 9.84 Å². The molecule has 16 heavy (non-hydrogen) atoms. The van der Waals surface area contributed by atoms with Crippen molar-refractivity contribution in [2.24, 2.45) is 0 Å². The van der Waals surface area contributed by atoms with Gasteiger partial charge in [-0.3, -0.25) is 0 Å². The molecule has 0 saturated carbocycles. The number of carbonyl (C=O) groups excluding carboxylic acids is 1. The molecule has 0 spiro atoms. The SMILES string of the molecule is C/C(=C\C(C)O)C(=O)Oc1ccccc1O. The third-order valence-electron chi connectivity index (χ3n) is 1.88. The Balaban J connectivity index is 2.76. The Bertz CT molecular complexity index is 407. The Morgan fingerprint density at radius 3 is 2.62 bits per heavy atom. The number of ether oxygens (including phenoxy) is 1. The highest BCUT2D eigenvalue weighted by Crippen LogP contribution is 2.25. The number of aliphatic hydroxyl groups excluding tert-OH is 1. The fourth-order valence-electron chi connectivity index (χ4n) is 1.15. The van der Waals surface area contributed by atoms with Gasteiger partial charge in [0.15, 0.2) is 11.5 Å². The van der Waals surface area contributed by atoms with Crippen molar-refractivity contribution >= 4 is 5.97 Å². The first-order chi connectivity index (χ1) is 7.50. The van der Waals surface area contributed by atoms with Gasteiger partial charge in [0.1, 0.15) is 0 Å². The number of aliphatic hydroxyl groups is 1. The first-order valence-corrected chi connectivity index (χ1v) is 4.87. The number of phenolic OH excluding ortho intramolecular Hbond substituents is 1. The van der Waals surface area contributed by atoms with Crippen molar-refractivity contribution in [3.05, 3.63) is 35.9 Å². The summed E-state index contributed by atoms with van der Waals surface area (Å²) in [6.07, 6.45) is 0.666. The summed E-state index contributed by atoms with van der Waals surface area (Å²) in [5, 5.41) is 18.4. The highest BCUT2D eigenvalue weighted by Gasteiger charge is 2.10. The van der Waals surface area contributed by atoms with Crippen molar-refractivity contribution in [2.45, 2.75) is 20.0 Å². The Hall–Kier alpha value is -1.81. The summed E-state index contributed by atoms with van der Waals surface area (Å²) in [5.74, 6) is -0.589. The van der Waals surface area contributed by atoms with Crippen LogP contribution in [-0.2, 0) is 4.79 Å². The van der Waals surface area contributed by atoms with Crippen LogP contribution in [0.4, 0.5) is 0 Å². The number of hydrogen-bond acceptors (Lipinski definition) is 4. The summed E-state index contributed by atoms with van der Waals surface area (Å²) in [5.41, 5.74) is 0.290. The summed E-state index contributed by atoms with van der Waals surface area (Å²) < 4.78 is 4.94. The maximum absolute atomic E-state index is 11.5. The van der Waals surface area contributed by atoms with Gasteiger partial charge in [0, 0.05) is 5.57 Å². The van der Waals surface area contributed by atoms with E-state index >= 15 is 0 Å². The maximum atomic E-state index is 11.5. The molecule has 1 unspecified atom stereocenters. The van der Waals surface area contributed by atoms with Crippen LogP contribution in [-0.4, -0.2) is 22.3 Å². The monoisotopic (exact) mass is 222 g/mol. The summed E-state index contributed by atoms with van der Waals surface area (Å²) in [7, 11) is 0. The molecule has 1 aromatic rings. The predicted octanol–water partition coefficient (Wildman–Crippen LogP) is 1.62. The first-order valence-electron chi connectivity index (χ1n) is 4.87. The van der Waals surface area contributed by atoms with Crippen LogP contribution in [0.25, 0.3) is 0 Å². The van der Waals surface area contributed by atoms with E-state index in [0.29, 0.717) is 5.57 Å². The average molecular weight is 222 g/mol. The van der Waals surface area contributed by atoms with Gasteiger partial charge in [-0.05, 0) is 32.1 Å². The maximum Gasteiger partial charge on any atom is 0.339 e. The first kappa shape index (κ1) is 12.3. The van der Waals surface area contributed by atoms with Crippen molar-refractivity contribution in [1.82, 2.24) is 0 Å². The molecule has 1 atom stereocenters. The van der Waals surface area contributed by atoms with Crippen LogP contribution >= 0.6 is 0 Å². The molecular weight excluding hydrogens is 208 g/mol. The molecule has 0 amide bonds. The number of phenols is 1. The molecule has 2 N–H and O–H groups in total. The Morgan fingerprint density at radius 1 is 1.44 bits per heavy atom. The van der Waals surface area contributed by atoms with Gasteiger partial charge < -0.3 is 14.9 Å². The van der Waals surface area contributed by atoms with Crippen LogP contribution in [0.1, 0.15) is 13.8 Å². The van der Waals surface area contributed by atoms with Gasteiger partial charge in [-0.2, -0.15) is 0 Å². The van der Waals surface area contributed by atoms with Crippen molar-refractivity contribution in [1.29, 1.82) is 0 Å². The van der Waals surface area contributed by atoms with E-state index in [1.54, 1.807) is 12.1 Å². The van der Waals surface area contributed by atoms with Crippen LogP contribution in [0, 0.1) is 0 Å². The zero-order valence-electron chi connectivity index (χ0n) is 9.18. The van der Waals surface area contributed by atoms with E-state index < -0.39 is 12.1 Å². The summed E-state index contributed by atoms with van der Waals surface area (Å²) in [6, 6.07) is 6.19. The van der Waals surface area contributed by atoms with Gasteiger partial charge in [-0.1, -0.05) is 12.1 Å². The minimum Gasteiger partial charge on any atom is -0.504 e. The number of para-hydroxylation sites is 2. The summed E-state index contributed by atoms with van der Waals surface area (Å²) in [6.45, 7) is 3.08. The van der Waals surface area contributed by atoms with E-state index in [9.17, 15) is 9.90 Å². The molecule has 0 radical (unpaired) electrons. The van der Waals surface area contributed by atoms with Crippen molar-refractivity contribution in [3.63, 3.8) is 0 Å². The molecule has 0 fully saturated rings. The zero-order chi connectivity index (χ0) is 12.1. The normalized spacial score (nSPS) is 13.3. The fourth-order valence-corrected chi connectivity index (χ4v) is 1.15. The van der Waals surface area contributed by atoms with Crippen molar-refractivity contribution in [3.8, 4) is 11.5 Å². The Labute approximate surface area is 93.8 Å². The second-order valence-corrected chi connectivity index (χ2v) is 3.45. The van der Waals surface area contributed by atoms with Crippen LogP contribution in [0.3, 0.4) is 0 Å². The molecule has 0 aliphatic carbocycles. The largest absolute Gasteiger partial charge is 0.504 e. The molecular formula is C12H14O4. The van der Waals surface area contributed by atoms with E-state index in [1.165, 1.54) is 32.1 Å². The molecule has 0 aliphatic heterocycles. The Kier molecular flexibility index (Phi) is 4.08. The topological polar surface area (TPSA) is 66.8 Å². The number of carbonyl (C=O) groups is 1. The number of aromatic hydroxyl groups is 1. The zero-order valence-corrected chi connectivity index (χ0v) is 9.18. The van der Waals surface area contributed by atoms with E-state index in [2.05, 4.69) is 0 Å². The standard InChI is InChI=1S/C12H14O4/c1-8(7-9(2)13)12(15)16-11-6-4-3-5-10(11)14/h3-7,9,13-14H,1-2H3/b8-7+. The highest BCUT2D eigenvalue weighted by molar-refractivity contribution is 5.89. The summed E-state index contributed by atoms with van der Waals surface area (Å²) in [4.78, 5) is 11.5. The number of esters is 1. The number of benzene rings is 1. The highest BCUT2D eigenvalue weighted by atomic mass is 16.5. The molecule has 1 rings (SSSR count). The molecule has 1 aromatic carbocycles. The van der Waals surface area contributed by atoms with E-state index in [1.807, 2.05) is 0 Å². The van der Waals surface area contributed by atoms with Gasteiger partial charge in [-0.15, -0.1) is 0 Å². The molecule has 0 aromatic heterocycles. The van der Waals surface area contributed by atoms with Crippen LogP contribution in [0.5, 0.6) is 11.5 Å². The minimum absolute atomic E-state index is 0.0966. The summed E-state index contributed by atoms with van der Waals surface area (Å²) >= 11 is 0. The second-order valence-electron chi connectivity index (χ2n) is 3.45. The van der Waals surface area contributed by atoms with Crippen LogP contribution in [0.2, 0.25) is 0 Å².